The normalized spacial score (nSPS) is 16.0. The molecule has 1 heterocycles. The van der Waals surface area contributed by atoms with Gasteiger partial charge in [-0.25, -0.2) is 0 Å². The fourth-order valence-corrected chi connectivity index (χ4v) is 1.26. The second-order valence-corrected chi connectivity index (χ2v) is 3.44. The zero-order chi connectivity index (χ0) is 11.7. The predicted molar refractivity (Wildman–Crippen MR) is 45.8 cm³/mol. The van der Waals surface area contributed by atoms with Gasteiger partial charge in [-0.15, -0.1) is 0 Å². The van der Waals surface area contributed by atoms with Gasteiger partial charge in [-0.2, -0.15) is 18.3 Å². The summed E-state index contributed by atoms with van der Waals surface area (Å²) in [5.41, 5.74) is 2.33. The summed E-state index contributed by atoms with van der Waals surface area (Å²) in [6.45, 7) is 0.908. The van der Waals surface area contributed by atoms with Crippen molar-refractivity contribution < 1.29 is 18.0 Å². The highest BCUT2D eigenvalue weighted by Gasteiger charge is 2.54. The van der Waals surface area contributed by atoms with Crippen molar-refractivity contribution in [2.24, 2.45) is 5.73 Å². The summed E-state index contributed by atoms with van der Waals surface area (Å²) >= 11 is 0. The van der Waals surface area contributed by atoms with Gasteiger partial charge in [-0.3, -0.25) is 9.89 Å². The Morgan fingerprint density at radius 1 is 1.60 bits per heavy atom. The Bertz CT molecular complexity index is 347. The van der Waals surface area contributed by atoms with E-state index < -0.39 is 23.9 Å². The molecule has 1 amide bonds. The van der Waals surface area contributed by atoms with Gasteiger partial charge in [0.15, 0.2) is 0 Å². The molecule has 0 radical (unpaired) electrons. The molecule has 0 fully saturated rings. The van der Waals surface area contributed by atoms with Crippen molar-refractivity contribution in [2.45, 2.75) is 24.9 Å². The van der Waals surface area contributed by atoms with Crippen LogP contribution in [0.2, 0.25) is 0 Å². The Balaban J connectivity index is 3.13. The van der Waals surface area contributed by atoms with Gasteiger partial charge in [0.25, 0.3) is 0 Å². The molecule has 1 unspecified atom stereocenters. The maximum Gasteiger partial charge on any atom is 0.400 e. The van der Waals surface area contributed by atoms with E-state index in [0.717, 1.165) is 6.92 Å². The van der Waals surface area contributed by atoms with Crippen LogP contribution in [0.15, 0.2) is 12.3 Å². The van der Waals surface area contributed by atoms with E-state index in [1.165, 1.54) is 12.3 Å². The lowest BCUT2D eigenvalue weighted by atomic mass is 9.82. The first-order valence-corrected chi connectivity index (χ1v) is 4.12. The van der Waals surface area contributed by atoms with E-state index in [4.69, 9.17) is 5.73 Å². The van der Waals surface area contributed by atoms with Crippen LogP contribution in [-0.4, -0.2) is 22.3 Å². The Morgan fingerprint density at radius 2 is 2.20 bits per heavy atom. The van der Waals surface area contributed by atoms with Gasteiger partial charge in [0.2, 0.25) is 5.91 Å². The van der Waals surface area contributed by atoms with Crippen molar-refractivity contribution in [3.05, 3.63) is 18.0 Å². The number of hydrogen-bond acceptors (Lipinski definition) is 2. The molecular formula is C8H10F3N3O. The molecular weight excluding hydrogens is 211 g/mol. The van der Waals surface area contributed by atoms with Gasteiger partial charge in [0, 0.05) is 12.6 Å². The molecule has 0 saturated heterocycles. The fraction of sp³-hybridized carbons (Fsp3) is 0.500. The van der Waals surface area contributed by atoms with E-state index in [0.29, 0.717) is 0 Å². The standard InChI is InChI=1S/C8H10F3N3O/c1-7(4-6(12)15,8(9,10)11)5-2-3-13-14-5/h2-3H,4H2,1H3,(H2,12,15)(H,13,14). The molecule has 0 aliphatic carbocycles. The minimum absolute atomic E-state index is 0.172. The van der Waals surface area contributed by atoms with Crippen molar-refractivity contribution in [3.63, 3.8) is 0 Å². The van der Waals surface area contributed by atoms with E-state index in [9.17, 15) is 18.0 Å². The second kappa shape index (κ2) is 3.56. The number of hydrogen-bond donors (Lipinski definition) is 2. The quantitative estimate of drug-likeness (QED) is 0.802. The van der Waals surface area contributed by atoms with Gasteiger partial charge < -0.3 is 5.73 Å². The third-order valence-corrected chi connectivity index (χ3v) is 2.25. The predicted octanol–water partition coefficient (Wildman–Crippen LogP) is 1.11. The largest absolute Gasteiger partial charge is 0.400 e. The van der Waals surface area contributed by atoms with Gasteiger partial charge in [-0.05, 0) is 13.0 Å². The third kappa shape index (κ3) is 2.11. The summed E-state index contributed by atoms with van der Waals surface area (Å²) in [7, 11) is 0. The molecule has 1 aromatic heterocycles. The van der Waals surface area contributed by atoms with Crippen LogP contribution in [0, 0.1) is 0 Å². The van der Waals surface area contributed by atoms with Gasteiger partial charge >= 0.3 is 6.18 Å². The first-order chi connectivity index (χ1) is 6.77. The lowest BCUT2D eigenvalue weighted by molar-refractivity contribution is -0.190. The number of primary amides is 1. The average Bonchev–Trinajstić information content (AvgIpc) is 2.51. The van der Waals surface area contributed by atoms with Crippen LogP contribution in [0.4, 0.5) is 13.2 Å². The van der Waals surface area contributed by atoms with Crippen molar-refractivity contribution in [1.82, 2.24) is 10.2 Å². The summed E-state index contributed by atoms with van der Waals surface area (Å²) in [4.78, 5) is 10.6. The molecule has 15 heavy (non-hydrogen) atoms. The lowest BCUT2D eigenvalue weighted by Gasteiger charge is -2.29. The number of aromatic amines is 1. The number of halogens is 3. The molecule has 0 aromatic carbocycles. The summed E-state index contributed by atoms with van der Waals surface area (Å²) in [6, 6.07) is 1.18. The molecule has 1 rings (SSSR count). The Kier molecular flexibility index (Phi) is 2.74. The molecule has 3 N–H and O–H groups in total. The summed E-state index contributed by atoms with van der Waals surface area (Å²) in [5.74, 6) is -1.01. The zero-order valence-corrected chi connectivity index (χ0v) is 7.93. The Labute approximate surface area is 83.7 Å². The number of alkyl halides is 3. The van der Waals surface area contributed by atoms with Gasteiger partial charge in [0.1, 0.15) is 5.41 Å². The first kappa shape index (κ1) is 11.5. The minimum atomic E-state index is -4.56. The van der Waals surface area contributed by atoms with Gasteiger partial charge in [-0.1, -0.05) is 0 Å². The number of nitrogens with two attached hydrogens (primary N) is 1. The molecule has 0 aliphatic rings. The van der Waals surface area contributed by atoms with Crippen molar-refractivity contribution >= 4 is 5.91 Å². The fourth-order valence-electron chi connectivity index (χ4n) is 1.26. The molecule has 0 spiro atoms. The number of carbonyl (C=O) groups excluding carboxylic acids is 1. The smallest absolute Gasteiger partial charge is 0.370 e. The van der Waals surface area contributed by atoms with E-state index in [1.54, 1.807) is 0 Å². The number of nitrogens with zero attached hydrogens (tertiary/aromatic N) is 1. The highest BCUT2D eigenvalue weighted by Crippen LogP contribution is 2.42. The summed E-state index contributed by atoms with van der Waals surface area (Å²) in [6.07, 6.45) is -4.17. The van der Waals surface area contributed by atoms with Crippen molar-refractivity contribution in [2.75, 3.05) is 0 Å². The molecule has 1 aromatic rings. The van der Waals surface area contributed by atoms with E-state index in [2.05, 4.69) is 10.2 Å². The SMILES string of the molecule is CC(CC(N)=O)(c1ccn[nH]1)C(F)(F)F. The highest BCUT2D eigenvalue weighted by atomic mass is 19.4. The zero-order valence-electron chi connectivity index (χ0n) is 7.93. The Morgan fingerprint density at radius 3 is 2.53 bits per heavy atom. The highest BCUT2D eigenvalue weighted by molar-refractivity contribution is 5.75. The van der Waals surface area contributed by atoms with E-state index >= 15 is 0 Å². The first-order valence-electron chi connectivity index (χ1n) is 4.12. The maximum atomic E-state index is 12.8. The van der Waals surface area contributed by atoms with E-state index in [-0.39, 0.29) is 5.69 Å². The molecule has 0 bridgehead atoms. The van der Waals surface area contributed by atoms with Gasteiger partial charge in [0.05, 0.1) is 5.69 Å². The summed E-state index contributed by atoms with van der Waals surface area (Å²) in [5, 5.41) is 5.64. The maximum absolute atomic E-state index is 12.8. The van der Waals surface area contributed by atoms with Crippen LogP contribution >= 0.6 is 0 Å². The second-order valence-electron chi connectivity index (χ2n) is 3.44. The number of aromatic nitrogens is 2. The lowest BCUT2D eigenvalue weighted by Crippen LogP contribution is -2.43. The minimum Gasteiger partial charge on any atom is -0.370 e. The number of nitrogens with one attached hydrogen (secondary N) is 1. The monoisotopic (exact) mass is 221 g/mol. The molecule has 0 saturated carbocycles. The average molecular weight is 221 g/mol. The Hall–Kier alpha value is -1.53. The number of rotatable bonds is 3. The van der Waals surface area contributed by atoms with E-state index in [1.807, 2.05) is 0 Å². The summed E-state index contributed by atoms with van der Waals surface area (Å²) < 4.78 is 38.3. The van der Waals surface area contributed by atoms with Crippen LogP contribution in [-0.2, 0) is 10.2 Å². The molecule has 0 aliphatic heterocycles. The van der Waals surface area contributed by atoms with Crippen molar-refractivity contribution in [3.8, 4) is 0 Å². The van der Waals surface area contributed by atoms with Crippen LogP contribution < -0.4 is 5.73 Å². The van der Waals surface area contributed by atoms with Crippen LogP contribution in [0.1, 0.15) is 19.0 Å². The molecule has 1 atom stereocenters. The third-order valence-electron chi connectivity index (χ3n) is 2.25. The number of amides is 1. The molecule has 84 valence electrons. The van der Waals surface area contributed by atoms with Crippen LogP contribution in [0.5, 0.6) is 0 Å². The number of H-pyrrole nitrogens is 1. The molecule has 7 heteroatoms. The molecule has 4 nitrogen and oxygen atoms in total. The number of carbonyl (C=O) groups is 1. The van der Waals surface area contributed by atoms with Crippen LogP contribution in [0.3, 0.4) is 0 Å². The van der Waals surface area contributed by atoms with Crippen molar-refractivity contribution in [1.29, 1.82) is 0 Å². The van der Waals surface area contributed by atoms with Crippen LogP contribution in [0.25, 0.3) is 0 Å². The topological polar surface area (TPSA) is 71.8 Å².